The summed E-state index contributed by atoms with van der Waals surface area (Å²) in [7, 11) is 0. The van der Waals surface area contributed by atoms with Gasteiger partial charge in [0.05, 0.1) is 6.61 Å². The van der Waals surface area contributed by atoms with Gasteiger partial charge in [-0.3, -0.25) is 4.90 Å². The predicted octanol–water partition coefficient (Wildman–Crippen LogP) is 4.67. The molecular weight excluding hydrogens is 358 g/mol. The SMILES string of the molecule is CC(C)CC(C(=O)O)N(CCc1ccc(OCC2CCCCC2)cc1)C(=O)O. The molecule has 0 radical (unpaired) electrons. The Morgan fingerprint density at radius 2 is 1.75 bits per heavy atom. The summed E-state index contributed by atoms with van der Waals surface area (Å²) in [5.74, 6) is 0.477. The van der Waals surface area contributed by atoms with Gasteiger partial charge in [-0.1, -0.05) is 45.2 Å². The molecule has 6 nitrogen and oxygen atoms in total. The molecule has 2 N–H and O–H groups in total. The van der Waals surface area contributed by atoms with Crippen molar-refractivity contribution >= 4 is 12.1 Å². The van der Waals surface area contributed by atoms with Crippen molar-refractivity contribution in [1.82, 2.24) is 4.90 Å². The fourth-order valence-corrected chi connectivity index (χ4v) is 3.76. The average Bonchev–Trinajstić information content (AvgIpc) is 2.66. The van der Waals surface area contributed by atoms with Crippen molar-refractivity contribution in [3.05, 3.63) is 29.8 Å². The molecule has 6 heteroatoms. The molecule has 0 saturated heterocycles. The van der Waals surface area contributed by atoms with Crippen molar-refractivity contribution in [2.45, 2.75) is 64.8 Å². The van der Waals surface area contributed by atoms with Gasteiger partial charge in [0.2, 0.25) is 0 Å². The van der Waals surface area contributed by atoms with Crippen LogP contribution in [0.1, 0.15) is 57.9 Å². The zero-order chi connectivity index (χ0) is 20.5. The van der Waals surface area contributed by atoms with Crippen molar-refractivity contribution < 1.29 is 24.5 Å². The molecule has 0 bridgehead atoms. The average molecular weight is 392 g/mol. The molecule has 1 aromatic carbocycles. The van der Waals surface area contributed by atoms with Crippen LogP contribution in [-0.2, 0) is 11.2 Å². The van der Waals surface area contributed by atoms with Crippen molar-refractivity contribution in [2.75, 3.05) is 13.2 Å². The Hall–Kier alpha value is -2.24. The van der Waals surface area contributed by atoms with Crippen LogP contribution >= 0.6 is 0 Å². The fourth-order valence-electron chi connectivity index (χ4n) is 3.76. The summed E-state index contributed by atoms with van der Waals surface area (Å²) >= 11 is 0. The van der Waals surface area contributed by atoms with Crippen molar-refractivity contribution in [3.8, 4) is 5.75 Å². The first kappa shape index (κ1) is 22.1. The van der Waals surface area contributed by atoms with Crippen LogP contribution in [0.4, 0.5) is 4.79 Å². The highest BCUT2D eigenvalue weighted by atomic mass is 16.5. The molecule has 1 fully saturated rings. The summed E-state index contributed by atoms with van der Waals surface area (Å²) in [6.45, 7) is 4.69. The number of carbonyl (C=O) groups is 2. The molecule has 1 aromatic rings. The second-order valence-electron chi connectivity index (χ2n) is 8.17. The number of carboxylic acids is 1. The minimum atomic E-state index is -1.19. The normalized spacial score (nSPS) is 16.0. The lowest BCUT2D eigenvalue weighted by atomic mass is 9.90. The maximum absolute atomic E-state index is 11.6. The second kappa shape index (κ2) is 10.9. The maximum Gasteiger partial charge on any atom is 0.408 e. The van der Waals surface area contributed by atoms with Crippen molar-refractivity contribution in [3.63, 3.8) is 0 Å². The Kier molecular flexibility index (Phi) is 8.61. The minimum absolute atomic E-state index is 0.101. The fraction of sp³-hybridized carbons (Fsp3) is 0.636. The van der Waals surface area contributed by atoms with Gasteiger partial charge in [-0.15, -0.1) is 0 Å². The third-order valence-corrected chi connectivity index (χ3v) is 5.38. The van der Waals surface area contributed by atoms with E-state index in [1.165, 1.54) is 32.1 Å². The highest BCUT2D eigenvalue weighted by Crippen LogP contribution is 2.25. The lowest BCUT2D eigenvalue weighted by Crippen LogP contribution is -2.46. The Labute approximate surface area is 167 Å². The van der Waals surface area contributed by atoms with E-state index in [9.17, 15) is 19.8 Å². The monoisotopic (exact) mass is 391 g/mol. The van der Waals surface area contributed by atoms with E-state index < -0.39 is 18.1 Å². The lowest BCUT2D eigenvalue weighted by molar-refractivity contribution is -0.143. The van der Waals surface area contributed by atoms with E-state index in [0.717, 1.165) is 22.8 Å². The molecule has 1 saturated carbocycles. The molecule has 0 heterocycles. The van der Waals surface area contributed by atoms with Gasteiger partial charge in [-0.2, -0.15) is 0 Å². The number of benzene rings is 1. The van der Waals surface area contributed by atoms with Crippen LogP contribution in [0.25, 0.3) is 0 Å². The van der Waals surface area contributed by atoms with Gasteiger partial charge in [-0.05, 0) is 55.2 Å². The molecule has 0 aliphatic heterocycles. The number of ether oxygens (including phenoxy) is 1. The van der Waals surface area contributed by atoms with Crippen LogP contribution in [0, 0.1) is 11.8 Å². The second-order valence-corrected chi connectivity index (χ2v) is 8.17. The third-order valence-electron chi connectivity index (χ3n) is 5.38. The van der Waals surface area contributed by atoms with Crippen LogP contribution in [-0.4, -0.2) is 46.4 Å². The molecule has 1 amide bonds. The van der Waals surface area contributed by atoms with Gasteiger partial charge < -0.3 is 14.9 Å². The predicted molar refractivity (Wildman–Crippen MR) is 108 cm³/mol. The number of hydrogen-bond acceptors (Lipinski definition) is 3. The number of hydrogen-bond donors (Lipinski definition) is 2. The molecule has 1 unspecified atom stereocenters. The lowest BCUT2D eigenvalue weighted by Gasteiger charge is -2.27. The van der Waals surface area contributed by atoms with E-state index in [-0.39, 0.29) is 12.5 Å². The number of amides is 1. The molecule has 156 valence electrons. The zero-order valence-electron chi connectivity index (χ0n) is 17.0. The molecular formula is C22H33NO5. The number of nitrogens with zero attached hydrogens (tertiary/aromatic N) is 1. The highest BCUT2D eigenvalue weighted by Gasteiger charge is 2.29. The van der Waals surface area contributed by atoms with Gasteiger partial charge in [0, 0.05) is 6.54 Å². The first-order chi connectivity index (χ1) is 13.4. The van der Waals surface area contributed by atoms with E-state index in [0.29, 0.717) is 18.8 Å². The van der Waals surface area contributed by atoms with Gasteiger partial charge in [0.1, 0.15) is 11.8 Å². The van der Waals surface area contributed by atoms with Gasteiger partial charge >= 0.3 is 12.1 Å². The smallest absolute Gasteiger partial charge is 0.408 e. The molecule has 0 aromatic heterocycles. The number of rotatable bonds is 10. The summed E-state index contributed by atoms with van der Waals surface area (Å²) < 4.78 is 5.90. The Bertz CT molecular complexity index is 622. The highest BCUT2D eigenvalue weighted by molar-refractivity contribution is 5.79. The molecule has 28 heavy (non-hydrogen) atoms. The maximum atomic E-state index is 11.6. The molecule has 1 atom stereocenters. The zero-order valence-corrected chi connectivity index (χ0v) is 17.0. The van der Waals surface area contributed by atoms with Gasteiger partial charge in [0.25, 0.3) is 0 Å². The van der Waals surface area contributed by atoms with Crippen LogP contribution in [0.2, 0.25) is 0 Å². The summed E-state index contributed by atoms with van der Waals surface area (Å²) in [5, 5.41) is 18.9. The van der Waals surface area contributed by atoms with E-state index >= 15 is 0 Å². The van der Waals surface area contributed by atoms with Gasteiger partial charge in [-0.25, -0.2) is 9.59 Å². The molecule has 0 spiro atoms. The van der Waals surface area contributed by atoms with Crippen LogP contribution in [0.15, 0.2) is 24.3 Å². The largest absolute Gasteiger partial charge is 0.493 e. The Balaban J connectivity index is 1.88. The standard InChI is InChI=1S/C22H33NO5/c1-16(2)14-20(21(24)25)23(22(26)27)13-12-17-8-10-19(11-9-17)28-15-18-6-4-3-5-7-18/h8-11,16,18,20H,3-7,12-15H2,1-2H3,(H,24,25)(H,26,27). The van der Waals surface area contributed by atoms with E-state index in [4.69, 9.17) is 4.74 Å². The van der Waals surface area contributed by atoms with E-state index in [1.807, 2.05) is 38.1 Å². The molecule has 1 aliphatic rings. The van der Waals surface area contributed by atoms with Crippen LogP contribution < -0.4 is 4.74 Å². The quantitative estimate of drug-likeness (QED) is 0.605. The van der Waals surface area contributed by atoms with Crippen molar-refractivity contribution in [2.24, 2.45) is 11.8 Å². The summed E-state index contributed by atoms with van der Waals surface area (Å²) in [6, 6.07) is 6.65. The van der Waals surface area contributed by atoms with Crippen LogP contribution in [0.5, 0.6) is 5.75 Å². The first-order valence-electron chi connectivity index (χ1n) is 10.3. The number of carboxylic acid groups (broad SMARTS) is 2. The molecule has 1 aliphatic carbocycles. The van der Waals surface area contributed by atoms with Crippen LogP contribution in [0.3, 0.4) is 0 Å². The summed E-state index contributed by atoms with van der Waals surface area (Å²) in [6.07, 6.45) is 5.97. The molecule has 2 rings (SSSR count). The van der Waals surface area contributed by atoms with E-state index in [1.54, 1.807) is 0 Å². The number of aliphatic carboxylic acids is 1. The topological polar surface area (TPSA) is 87.1 Å². The Morgan fingerprint density at radius 1 is 1.11 bits per heavy atom. The minimum Gasteiger partial charge on any atom is -0.493 e. The first-order valence-corrected chi connectivity index (χ1v) is 10.3. The Morgan fingerprint density at radius 3 is 2.29 bits per heavy atom. The summed E-state index contributed by atoms with van der Waals surface area (Å²) in [4.78, 5) is 24.1. The van der Waals surface area contributed by atoms with Gasteiger partial charge in [0.15, 0.2) is 0 Å². The summed E-state index contributed by atoms with van der Waals surface area (Å²) in [5.41, 5.74) is 0.963. The third kappa shape index (κ3) is 7.06. The van der Waals surface area contributed by atoms with Crippen molar-refractivity contribution in [1.29, 1.82) is 0 Å². The van der Waals surface area contributed by atoms with E-state index in [2.05, 4.69) is 0 Å².